The van der Waals surface area contributed by atoms with Gasteiger partial charge < -0.3 is 14.8 Å². The molecule has 9 heteroatoms. The number of amides is 1. The quantitative estimate of drug-likeness (QED) is 0.592. The smallest absolute Gasteiger partial charge is 0.338 e. The topological polar surface area (TPSA) is 111 Å². The summed E-state index contributed by atoms with van der Waals surface area (Å²) in [5.74, 6) is -0.501. The first kappa shape index (κ1) is 20.8. The molecule has 0 spiro atoms. The fourth-order valence-corrected chi connectivity index (χ4v) is 4.15. The Kier molecular flexibility index (Phi) is 6.69. The first-order valence-electron chi connectivity index (χ1n) is 9.53. The molecule has 1 amide bonds. The highest BCUT2D eigenvalue weighted by Gasteiger charge is 2.29. The number of carbonyl (C=O) groups is 2. The van der Waals surface area contributed by atoms with Gasteiger partial charge in [-0.05, 0) is 62.8 Å². The highest BCUT2D eigenvalue weighted by molar-refractivity contribution is 7.89. The fraction of sp³-hybridized carbons (Fsp3) is 0.579. The molecule has 0 radical (unpaired) electrons. The lowest BCUT2D eigenvalue weighted by molar-refractivity contribution is -0.124. The number of sulfonamides is 1. The molecular weight excluding hydrogens is 384 g/mol. The van der Waals surface area contributed by atoms with Crippen LogP contribution in [0, 0.1) is 5.92 Å². The van der Waals surface area contributed by atoms with E-state index in [1.807, 2.05) is 6.92 Å². The monoisotopic (exact) mass is 410 g/mol. The number of ether oxygens (including phenoxy) is 2. The van der Waals surface area contributed by atoms with Gasteiger partial charge in [0.25, 0.3) is 5.91 Å². The van der Waals surface area contributed by atoms with Gasteiger partial charge >= 0.3 is 5.97 Å². The number of hydrogen-bond acceptors (Lipinski definition) is 6. The summed E-state index contributed by atoms with van der Waals surface area (Å²) in [6, 6.07) is 5.49. The van der Waals surface area contributed by atoms with Gasteiger partial charge in [-0.2, -0.15) is 0 Å². The molecule has 154 valence electrons. The van der Waals surface area contributed by atoms with Crippen molar-refractivity contribution >= 4 is 21.9 Å². The maximum Gasteiger partial charge on any atom is 0.338 e. The van der Waals surface area contributed by atoms with Gasteiger partial charge in [0, 0.05) is 19.2 Å². The summed E-state index contributed by atoms with van der Waals surface area (Å²) in [6.07, 6.45) is 3.89. The standard InChI is InChI=1S/C19H26N2O6S/c1-13(14-4-5-14)21-18(22)12-27-19(23)15-6-8-17(9-7-15)28(24,25)20-11-16-3-2-10-26-16/h6-9,13-14,16,20H,2-5,10-12H2,1H3,(H,21,22). The van der Waals surface area contributed by atoms with Crippen molar-refractivity contribution < 1.29 is 27.5 Å². The average Bonchev–Trinajstić information content (AvgIpc) is 3.41. The number of hydrogen-bond donors (Lipinski definition) is 2. The Morgan fingerprint density at radius 1 is 1.21 bits per heavy atom. The lowest BCUT2D eigenvalue weighted by Gasteiger charge is -2.13. The van der Waals surface area contributed by atoms with Crippen LogP contribution in [0.1, 0.15) is 43.0 Å². The van der Waals surface area contributed by atoms with E-state index in [-0.39, 0.29) is 41.7 Å². The molecule has 2 unspecified atom stereocenters. The van der Waals surface area contributed by atoms with E-state index in [2.05, 4.69) is 10.0 Å². The van der Waals surface area contributed by atoms with Crippen molar-refractivity contribution in [2.75, 3.05) is 19.8 Å². The van der Waals surface area contributed by atoms with Crippen LogP contribution in [0.25, 0.3) is 0 Å². The summed E-state index contributed by atoms with van der Waals surface area (Å²) in [5.41, 5.74) is 0.182. The minimum atomic E-state index is -3.68. The van der Waals surface area contributed by atoms with Crippen LogP contribution < -0.4 is 10.0 Å². The molecule has 1 aromatic rings. The third-order valence-electron chi connectivity index (χ3n) is 4.98. The zero-order chi connectivity index (χ0) is 20.1. The van der Waals surface area contributed by atoms with Crippen LogP contribution in [0.3, 0.4) is 0 Å². The second-order valence-electron chi connectivity index (χ2n) is 7.28. The molecule has 1 aromatic carbocycles. The molecule has 2 aliphatic rings. The fourth-order valence-electron chi connectivity index (χ4n) is 3.09. The second kappa shape index (κ2) is 9.02. The molecule has 1 aliphatic heterocycles. The molecule has 0 aromatic heterocycles. The van der Waals surface area contributed by atoms with Crippen molar-refractivity contribution in [2.45, 2.75) is 49.6 Å². The van der Waals surface area contributed by atoms with E-state index in [1.54, 1.807) is 0 Å². The van der Waals surface area contributed by atoms with E-state index in [9.17, 15) is 18.0 Å². The van der Waals surface area contributed by atoms with Crippen molar-refractivity contribution in [2.24, 2.45) is 5.92 Å². The highest BCUT2D eigenvalue weighted by atomic mass is 32.2. The van der Waals surface area contributed by atoms with Gasteiger partial charge in [0.2, 0.25) is 10.0 Å². The minimum Gasteiger partial charge on any atom is -0.452 e. The molecule has 1 aliphatic carbocycles. The predicted octanol–water partition coefficient (Wildman–Crippen LogP) is 1.22. The van der Waals surface area contributed by atoms with Gasteiger partial charge in [-0.3, -0.25) is 4.79 Å². The van der Waals surface area contributed by atoms with E-state index in [0.717, 1.165) is 25.7 Å². The van der Waals surface area contributed by atoms with E-state index in [4.69, 9.17) is 9.47 Å². The molecule has 2 atom stereocenters. The summed E-state index contributed by atoms with van der Waals surface area (Å²) < 4.78 is 37.5. The van der Waals surface area contributed by atoms with E-state index >= 15 is 0 Å². The number of benzene rings is 1. The van der Waals surface area contributed by atoms with Crippen molar-refractivity contribution in [1.82, 2.24) is 10.0 Å². The van der Waals surface area contributed by atoms with Gasteiger partial charge in [-0.15, -0.1) is 0 Å². The van der Waals surface area contributed by atoms with Gasteiger partial charge in [0.05, 0.1) is 16.6 Å². The van der Waals surface area contributed by atoms with Gasteiger partial charge in [-0.25, -0.2) is 17.9 Å². The molecule has 1 saturated carbocycles. The molecule has 3 rings (SSSR count). The van der Waals surface area contributed by atoms with Crippen molar-refractivity contribution in [3.8, 4) is 0 Å². The SMILES string of the molecule is CC(NC(=O)COC(=O)c1ccc(S(=O)(=O)NCC2CCCO2)cc1)C1CC1. The number of esters is 1. The Morgan fingerprint density at radius 3 is 2.54 bits per heavy atom. The molecule has 2 fully saturated rings. The van der Waals surface area contributed by atoms with Gasteiger partial charge in [0.15, 0.2) is 6.61 Å². The molecule has 1 heterocycles. The first-order chi connectivity index (χ1) is 13.3. The third-order valence-corrected chi connectivity index (χ3v) is 6.42. The summed E-state index contributed by atoms with van der Waals surface area (Å²) in [5, 5.41) is 2.80. The minimum absolute atomic E-state index is 0.0537. The Labute approximate surface area is 165 Å². The Morgan fingerprint density at radius 2 is 1.93 bits per heavy atom. The third kappa shape index (κ3) is 5.76. The van der Waals surface area contributed by atoms with E-state index < -0.39 is 16.0 Å². The summed E-state index contributed by atoms with van der Waals surface area (Å²) in [7, 11) is -3.68. The van der Waals surface area contributed by atoms with Crippen LogP contribution in [0.5, 0.6) is 0 Å². The Balaban J connectivity index is 1.48. The van der Waals surface area contributed by atoms with Crippen LogP contribution in [0.15, 0.2) is 29.2 Å². The van der Waals surface area contributed by atoms with Gasteiger partial charge in [-0.1, -0.05) is 0 Å². The number of rotatable bonds is 9. The molecule has 1 saturated heterocycles. The zero-order valence-electron chi connectivity index (χ0n) is 15.8. The highest BCUT2D eigenvalue weighted by Crippen LogP contribution is 2.32. The van der Waals surface area contributed by atoms with Crippen molar-refractivity contribution in [1.29, 1.82) is 0 Å². The zero-order valence-corrected chi connectivity index (χ0v) is 16.7. The van der Waals surface area contributed by atoms with Crippen molar-refractivity contribution in [3.63, 3.8) is 0 Å². The van der Waals surface area contributed by atoms with E-state index in [0.29, 0.717) is 12.5 Å². The predicted molar refractivity (Wildman–Crippen MR) is 101 cm³/mol. The first-order valence-corrected chi connectivity index (χ1v) is 11.0. The van der Waals surface area contributed by atoms with Gasteiger partial charge in [0.1, 0.15) is 0 Å². The number of nitrogens with one attached hydrogen (secondary N) is 2. The summed E-state index contributed by atoms with van der Waals surface area (Å²) >= 11 is 0. The van der Waals surface area contributed by atoms with Crippen LogP contribution in [-0.2, 0) is 24.3 Å². The molecule has 0 bridgehead atoms. The summed E-state index contributed by atoms with van der Waals surface area (Å²) in [6.45, 7) is 2.45. The largest absolute Gasteiger partial charge is 0.452 e. The van der Waals surface area contributed by atoms with E-state index in [1.165, 1.54) is 24.3 Å². The normalized spacial score (nSPS) is 20.5. The molecule has 8 nitrogen and oxygen atoms in total. The molecule has 2 N–H and O–H groups in total. The second-order valence-corrected chi connectivity index (χ2v) is 9.05. The Bertz CT molecular complexity index is 798. The molecular formula is C19H26N2O6S. The maximum atomic E-state index is 12.3. The average molecular weight is 410 g/mol. The van der Waals surface area contributed by atoms with Crippen LogP contribution in [0.4, 0.5) is 0 Å². The lowest BCUT2D eigenvalue weighted by Crippen LogP contribution is -2.37. The summed E-state index contributed by atoms with van der Waals surface area (Å²) in [4.78, 5) is 23.9. The number of carbonyl (C=O) groups excluding carboxylic acids is 2. The Hall–Kier alpha value is -1.97. The van der Waals surface area contributed by atoms with Crippen LogP contribution in [0.2, 0.25) is 0 Å². The van der Waals surface area contributed by atoms with Crippen molar-refractivity contribution in [3.05, 3.63) is 29.8 Å². The molecule has 28 heavy (non-hydrogen) atoms. The lowest BCUT2D eigenvalue weighted by atomic mass is 10.2. The maximum absolute atomic E-state index is 12.3. The van der Waals surface area contributed by atoms with Crippen LogP contribution >= 0.6 is 0 Å². The van der Waals surface area contributed by atoms with Crippen LogP contribution in [-0.4, -0.2) is 52.2 Å².